The van der Waals surface area contributed by atoms with Crippen molar-refractivity contribution in [1.29, 1.82) is 0 Å². The number of hydrogen-bond acceptors (Lipinski definition) is 4. The lowest BCUT2D eigenvalue weighted by molar-refractivity contribution is -0.141. The standard InChI is InChI=1S/C18H18O4/c1-2-21-18(20)12-16(19)15-10-6-7-11-17(15)22-13-14-8-4-3-5-9-14/h3-11H,2,12-13H2,1H3. The van der Waals surface area contributed by atoms with Gasteiger partial charge >= 0.3 is 5.97 Å². The van der Waals surface area contributed by atoms with Crippen LogP contribution in [0.5, 0.6) is 5.75 Å². The summed E-state index contributed by atoms with van der Waals surface area (Å²) in [7, 11) is 0. The summed E-state index contributed by atoms with van der Waals surface area (Å²) in [4.78, 5) is 23.6. The van der Waals surface area contributed by atoms with Crippen LogP contribution in [0.3, 0.4) is 0 Å². The zero-order chi connectivity index (χ0) is 15.8. The van der Waals surface area contributed by atoms with Gasteiger partial charge in [0, 0.05) is 0 Å². The van der Waals surface area contributed by atoms with E-state index in [0.717, 1.165) is 5.56 Å². The van der Waals surface area contributed by atoms with E-state index in [0.29, 0.717) is 17.9 Å². The summed E-state index contributed by atoms with van der Waals surface area (Å²) in [6.07, 6.45) is -0.278. The predicted molar refractivity (Wildman–Crippen MR) is 82.8 cm³/mol. The molecule has 0 radical (unpaired) electrons. The highest BCUT2D eigenvalue weighted by Crippen LogP contribution is 2.21. The van der Waals surface area contributed by atoms with E-state index in [1.165, 1.54) is 0 Å². The molecule has 114 valence electrons. The van der Waals surface area contributed by atoms with E-state index in [1.54, 1.807) is 31.2 Å². The van der Waals surface area contributed by atoms with Crippen molar-refractivity contribution in [2.45, 2.75) is 20.0 Å². The van der Waals surface area contributed by atoms with E-state index in [4.69, 9.17) is 9.47 Å². The van der Waals surface area contributed by atoms with Crippen LogP contribution < -0.4 is 4.74 Å². The number of carbonyl (C=O) groups is 2. The third kappa shape index (κ3) is 4.45. The van der Waals surface area contributed by atoms with Crippen LogP contribution in [0.1, 0.15) is 29.3 Å². The summed E-state index contributed by atoms with van der Waals surface area (Å²) >= 11 is 0. The summed E-state index contributed by atoms with van der Waals surface area (Å²) in [6, 6.07) is 16.6. The lowest BCUT2D eigenvalue weighted by Crippen LogP contribution is -2.12. The summed E-state index contributed by atoms with van der Waals surface area (Å²) in [5.41, 5.74) is 1.40. The van der Waals surface area contributed by atoms with Gasteiger partial charge in [0.25, 0.3) is 0 Å². The van der Waals surface area contributed by atoms with E-state index < -0.39 is 5.97 Å². The van der Waals surface area contributed by atoms with E-state index in [1.807, 2.05) is 30.3 Å². The molecule has 2 aromatic carbocycles. The van der Waals surface area contributed by atoms with Gasteiger partial charge in [0.05, 0.1) is 12.2 Å². The molecule has 0 fully saturated rings. The number of hydrogen-bond donors (Lipinski definition) is 0. The first-order valence-corrected chi connectivity index (χ1v) is 7.15. The van der Waals surface area contributed by atoms with Crippen LogP contribution in [0, 0.1) is 0 Å². The molecule has 0 aromatic heterocycles. The third-order valence-electron chi connectivity index (χ3n) is 3.03. The summed E-state index contributed by atoms with van der Waals surface area (Å²) in [5.74, 6) is -0.354. The third-order valence-corrected chi connectivity index (χ3v) is 3.03. The second-order valence-electron chi connectivity index (χ2n) is 4.68. The minimum atomic E-state index is -0.523. The number of ether oxygens (including phenoxy) is 2. The molecule has 0 unspecified atom stereocenters. The molecule has 0 atom stereocenters. The van der Waals surface area contributed by atoms with Crippen molar-refractivity contribution in [3.63, 3.8) is 0 Å². The number of esters is 1. The van der Waals surface area contributed by atoms with Crippen molar-refractivity contribution >= 4 is 11.8 Å². The van der Waals surface area contributed by atoms with Crippen molar-refractivity contribution in [1.82, 2.24) is 0 Å². The Labute approximate surface area is 129 Å². The van der Waals surface area contributed by atoms with Crippen LogP contribution in [0.4, 0.5) is 0 Å². The maximum atomic E-state index is 12.2. The van der Waals surface area contributed by atoms with E-state index >= 15 is 0 Å². The Kier molecular flexibility index (Phi) is 5.72. The van der Waals surface area contributed by atoms with Crippen LogP contribution in [0.2, 0.25) is 0 Å². The molecule has 4 nitrogen and oxygen atoms in total. The largest absolute Gasteiger partial charge is 0.488 e. The monoisotopic (exact) mass is 298 g/mol. The molecular formula is C18H18O4. The first kappa shape index (κ1) is 15.8. The van der Waals surface area contributed by atoms with E-state index in [2.05, 4.69) is 0 Å². The van der Waals surface area contributed by atoms with Gasteiger partial charge in [0.1, 0.15) is 18.8 Å². The quantitative estimate of drug-likeness (QED) is 0.446. The zero-order valence-electron chi connectivity index (χ0n) is 12.5. The van der Waals surface area contributed by atoms with Crippen LogP contribution in [0.15, 0.2) is 54.6 Å². The van der Waals surface area contributed by atoms with Gasteiger partial charge in [0.15, 0.2) is 5.78 Å². The molecule has 2 aromatic rings. The average Bonchev–Trinajstić information content (AvgIpc) is 2.54. The van der Waals surface area contributed by atoms with Crippen molar-refractivity contribution < 1.29 is 19.1 Å². The molecule has 0 aliphatic rings. The molecule has 0 aliphatic heterocycles. The number of Topliss-reactive ketones (excluding diaryl/α,β-unsaturated/α-hetero) is 1. The van der Waals surface area contributed by atoms with Gasteiger partial charge in [-0.15, -0.1) is 0 Å². The second-order valence-corrected chi connectivity index (χ2v) is 4.68. The highest BCUT2D eigenvalue weighted by molar-refractivity contribution is 6.07. The van der Waals surface area contributed by atoms with Gasteiger partial charge in [-0.1, -0.05) is 42.5 Å². The fourth-order valence-corrected chi connectivity index (χ4v) is 2.00. The Morgan fingerprint density at radius 2 is 1.64 bits per heavy atom. The first-order chi connectivity index (χ1) is 10.7. The Balaban J connectivity index is 2.06. The number of rotatable bonds is 7. The molecule has 0 amide bonds. The molecule has 22 heavy (non-hydrogen) atoms. The molecule has 0 aliphatic carbocycles. The van der Waals surface area contributed by atoms with Gasteiger partial charge in [-0.2, -0.15) is 0 Å². The Hall–Kier alpha value is -2.62. The minimum absolute atomic E-state index is 0.262. The average molecular weight is 298 g/mol. The number of benzene rings is 2. The number of ketones is 1. The highest BCUT2D eigenvalue weighted by Gasteiger charge is 2.16. The molecule has 0 bridgehead atoms. The van der Waals surface area contributed by atoms with Gasteiger partial charge in [0.2, 0.25) is 0 Å². The smallest absolute Gasteiger partial charge is 0.313 e. The molecule has 4 heteroatoms. The molecule has 0 saturated heterocycles. The second kappa shape index (κ2) is 7.98. The van der Waals surface area contributed by atoms with Crippen LogP contribution in [-0.2, 0) is 16.1 Å². The SMILES string of the molecule is CCOC(=O)CC(=O)c1ccccc1OCc1ccccc1. The topological polar surface area (TPSA) is 52.6 Å². The lowest BCUT2D eigenvalue weighted by atomic mass is 10.1. The molecule has 0 heterocycles. The van der Waals surface area contributed by atoms with Crippen molar-refractivity contribution in [3.05, 3.63) is 65.7 Å². The fourth-order valence-electron chi connectivity index (χ4n) is 2.00. The number of para-hydroxylation sites is 1. The molecule has 0 saturated carbocycles. The molecule has 0 N–H and O–H groups in total. The summed E-state index contributed by atoms with van der Waals surface area (Å²) < 4.78 is 10.5. The fraction of sp³-hybridized carbons (Fsp3) is 0.222. The first-order valence-electron chi connectivity index (χ1n) is 7.15. The van der Waals surface area contributed by atoms with E-state index in [-0.39, 0.29) is 18.8 Å². The van der Waals surface area contributed by atoms with Crippen LogP contribution >= 0.6 is 0 Å². The predicted octanol–water partition coefficient (Wildman–Crippen LogP) is 3.40. The summed E-state index contributed by atoms with van der Waals surface area (Å²) in [5, 5.41) is 0. The zero-order valence-corrected chi connectivity index (χ0v) is 12.5. The maximum Gasteiger partial charge on any atom is 0.313 e. The Morgan fingerprint density at radius 3 is 2.36 bits per heavy atom. The van der Waals surface area contributed by atoms with Gasteiger partial charge < -0.3 is 9.47 Å². The van der Waals surface area contributed by atoms with Crippen LogP contribution in [-0.4, -0.2) is 18.4 Å². The molecule has 0 spiro atoms. The van der Waals surface area contributed by atoms with Gasteiger partial charge in [-0.3, -0.25) is 9.59 Å². The van der Waals surface area contributed by atoms with Crippen molar-refractivity contribution in [2.24, 2.45) is 0 Å². The maximum absolute atomic E-state index is 12.2. The lowest BCUT2D eigenvalue weighted by Gasteiger charge is -2.10. The highest BCUT2D eigenvalue weighted by atomic mass is 16.5. The normalized spacial score (nSPS) is 10.0. The van der Waals surface area contributed by atoms with Crippen molar-refractivity contribution in [2.75, 3.05) is 6.61 Å². The molecular weight excluding hydrogens is 280 g/mol. The minimum Gasteiger partial charge on any atom is -0.488 e. The Bertz CT molecular complexity index is 635. The summed E-state index contributed by atoms with van der Waals surface area (Å²) in [6.45, 7) is 2.34. The number of carbonyl (C=O) groups excluding carboxylic acids is 2. The van der Waals surface area contributed by atoms with Gasteiger partial charge in [-0.05, 0) is 24.6 Å². The van der Waals surface area contributed by atoms with Crippen molar-refractivity contribution in [3.8, 4) is 5.75 Å². The van der Waals surface area contributed by atoms with Crippen LogP contribution in [0.25, 0.3) is 0 Å². The Morgan fingerprint density at radius 1 is 0.955 bits per heavy atom. The van der Waals surface area contributed by atoms with E-state index in [9.17, 15) is 9.59 Å². The van der Waals surface area contributed by atoms with Gasteiger partial charge in [-0.25, -0.2) is 0 Å². The molecule has 2 rings (SSSR count).